The molecule has 3 N–H and O–H groups in total. The van der Waals surface area contributed by atoms with Crippen molar-refractivity contribution >= 4 is 5.91 Å². The van der Waals surface area contributed by atoms with Crippen molar-refractivity contribution in [2.45, 2.75) is 32.7 Å². The third-order valence-electron chi connectivity index (χ3n) is 3.85. The lowest BCUT2D eigenvalue weighted by molar-refractivity contribution is 0.0944. The summed E-state index contributed by atoms with van der Waals surface area (Å²) in [5.74, 6) is -0.0725. The van der Waals surface area contributed by atoms with Crippen LogP contribution in [0.2, 0.25) is 0 Å². The Kier molecular flexibility index (Phi) is 4.32. The lowest BCUT2D eigenvalue weighted by Crippen LogP contribution is -2.40. The van der Waals surface area contributed by atoms with Crippen molar-refractivity contribution in [1.82, 2.24) is 20.2 Å². The fourth-order valence-corrected chi connectivity index (χ4v) is 2.52. The second-order valence-electron chi connectivity index (χ2n) is 6.47. The van der Waals surface area contributed by atoms with Crippen molar-refractivity contribution in [2.24, 2.45) is 5.92 Å². The molecule has 0 bridgehead atoms. The number of carbonyl (C=O) groups excluding carboxylic acids is 1. The molecule has 1 aromatic heterocycles. The van der Waals surface area contributed by atoms with E-state index >= 15 is 0 Å². The Bertz CT molecular complexity index is 626. The number of carbonyl (C=O) groups is 1. The second kappa shape index (κ2) is 5.85. The quantitative estimate of drug-likeness (QED) is 0.726. The fourth-order valence-electron chi connectivity index (χ4n) is 2.52. The zero-order valence-electron chi connectivity index (χ0n) is 12.7. The van der Waals surface area contributed by atoms with Gasteiger partial charge in [0.1, 0.15) is 5.56 Å². The third-order valence-corrected chi connectivity index (χ3v) is 3.85. The Morgan fingerprint density at radius 1 is 1.43 bits per heavy atom. The van der Waals surface area contributed by atoms with Crippen LogP contribution in [0.15, 0.2) is 15.8 Å². The van der Waals surface area contributed by atoms with Crippen LogP contribution in [0.3, 0.4) is 0 Å². The fraction of sp³-hybridized carbons (Fsp3) is 0.643. The molecule has 1 saturated heterocycles. The molecule has 7 heteroatoms. The van der Waals surface area contributed by atoms with Gasteiger partial charge in [0.2, 0.25) is 0 Å². The average molecular weight is 294 g/mol. The summed E-state index contributed by atoms with van der Waals surface area (Å²) in [6, 6.07) is 0. The SMILES string of the molecule is CC(C)(C)N1CC[C@H](CNC(=O)c2c[nH]c(=O)[nH]c2=O)C1. The van der Waals surface area contributed by atoms with Crippen LogP contribution in [0, 0.1) is 5.92 Å². The molecule has 1 aliphatic rings. The first-order chi connectivity index (χ1) is 9.77. The monoisotopic (exact) mass is 294 g/mol. The van der Waals surface area contributed by atoms with E-state index in [9.17, 15) is 14.4 Å². The standard InChI is InChI=1S/C14H22N4O3/c1-14(2,3)18-5-4-9(8-18)6-15-11(19)10-7-16-13(21)17-12(10)20/h7,9H,4-6,8H2,1-3H3,(H,15,19)(H2,16,17,20,21)/t9-/m1/s1. The molecule has 0 aromatic carbocycles. The summed E-state index contributed by atoms with van der Waals surface area (Å²) in [5, 5.41) is 2.77. The Hall–Kier alpha value is -1.89. The van der Waals surface area contributed by atoms with E-state index in [1.807, 2.05) is 4.98 Å². The van der Waals surface area contributed by atoms with Gasteiger partial charge in [-0.3, -0.25) is 19.5 Å². The number of aromatic nitrogens is 2. The molecule has 0 unspecified atom stereocenters. The van der Waals surface area contributed by atoms with Gasteiger partial charge in [-0.2, -0.15) is 0 Å². The van der Waals surface area contributed by atoms with Gasteiger partial charge >= 0.3 is 5.69 Å². The number of nitrogens with zero attached hydrogens (tertiary/aromatic N) is 1. The highest BCUT2D eigenvalue weighted by Crippen LogP contribution is 2.23. The molecule has 1 aromatic rings. The van der Waals surface area contributed by atoms with Crippen molar-refractivity contribution in [2.75, 3.05) is 19.6 Å². The smallest absolute Gasteiger partial charge is 0.325 e. The van der Waals surface area contributed by atoms with Crippen LogP contribution in [-0.2, 0) is 0 Å². The highest BCUT2D eigenvalue weighted by Gasteiger charge is 2.30. The maximum absolute atomic E-state index is 11.9. The van der Waals surface area contributed by atoms with Crippen LogP contribution < -0.4 is 16.6 Å². The summed E-state index contributed by atoms with van der Waals surface area (Å²) < 4.78 is 0. The molecular weight excluding hydrogens is 272 g/mol. The molecule has 1 aliphatic heterocycles. The molecule has 2 heterocycles. The second-order valence-corrected chi connectivity index (χ2v) is 6.47. The summed E-state index contributed by atoms with van der Waals surface area (Å²) in [6.45, 7) is 9.01. The van der Waals surface area contributed by atoms with Crippen molar-refractivity contribution < 1.29 is 4.79 Å². The summed E-state index contributed by atoms with van der Waals surface area (Å²) >= 11 is 0. The van der Waals surface area contributed by atoms with E-state index in [-0.39, 0.29) is 11.1 Å². The van der Waals surface area contributed by atoms with E-state index in [4.69, 9.17) is 0 Å². The van der Waals surface area contributed by atoms with E-state index in [2.05, 4.69) is 36.0 Å². The number of hydrogen-bond acceptors (Lipinski definition) is 4. The van der Waals surface area contributed by atoms with Crippen LogP contribution in [0.1, 0.15) is 37.6 Å². The molecular formula is C14H22N4O3. The molecule has 0 saturated carbocycles. The molecule has 1 fully saturated rings. The maximum Gasteiger partial charge on any atom is 0.325 e. The molecule has 0 radical (unpaired) electrons. The first kappa shape index (κ1) is 15.5. The van der Waals surface area contributed by atoms with Crippen LogP contribution >= 0.6 is 0 Å². The molecule has 2 rings (SSSR count). The van der Waals surface area contributed by atoms with Crippen molar-refractivity contribution in [3.05, 3.63) is 32.6 Å². The summed E-state index contributed by atoms with van der Waals surface area (Å²) in [6.07, 6.45) is 2.17. The van der Waals surface area contributed by atoms with Gasteiger partial charge in [-0.15, -0.1) is 0 Å². The van der Waals surface area contributed by atoms with Crippen LogP contribution in [0.25, 0.3) is 0 Å². The molecule has 0 aliphatic carbocycles. The van der Waals surface area contributed by atoms with Gasteiger partial charge in [0.25, 0.3) is 11.5 Å². The van der Waals surface area contributed by atoms with E-state index in [1.54, 1.807) is 0 Å². The Morgan fingerprint density at radius 3 is 2.71 bits per heavy atom. The molecule has 0 spiro atoms. The first-order valence-electron chi connectivity index (χ1n) is 7.12. The Morgan fingerprint density at radius 2 is 2.14 bits per heavy atom. The summed E-state index contributed by atoms with van der Waals surface area (Å²) in [5.41, 5.74) is -1.22. The van der Waals surface area contributed by atoms with Crippen LogP contribution in [-0.4, -0.2) is 45.9 Å². The number of aromatic amines is 2. The number of likely N-dealkylation sites (tertiary alicyclic amines) is 1. The zero-order chi connectivity index (χ0) is 15.6. The largest absolute Gasteiger partial charge is 0.351 e. The highest BCUT2D eigenvalue weighted by atomic mass is 16.2. The molecule has 116 valence electrons. The minimum atomic E-state index is -0.668. The molecule has 1 amide bonds. The molecule has 7 nitrogen and oxygen atoms in total. The third kappa shape index (κ3) is 3.81. The van der Waals surface area contributed by atoms with Gasteiger partial charge in [-0.05, 0) is 39.7 Å². The predicted octanol–water partition coefficient (Wildman–Crippen LogP) is -0.0866. The van der Waals surface area contributed by atoms with Crippen LogP contribution in [0.4, 0.5) is 0 Å². The van der Waals surface area contributed by atoms with Gasteiger partial charge in [0.05, 0.1) is 0 Å². The number of hydrogen-bond donors (Lipinski definition) is 3. The predicted molar refractivity (Wildman–Crippen MR) is 79.4 cm³/mol. The van der Waals surface area contributed by atoms with Crippen molar-refractivity contribution in [3.8, 4) is 0 Å². The first-order valence-corrected chi connectivity index (χ1v) is 7.12. The number of nitrogens with one attached hydrogen (secondary N) is 3. The van der Waals surface area contributed by atoms with Crippen LogP contribution in [0.5, 0.6) is 0 Å². The summed E-state index contributed by atoms with van der Waals surface area (Å²) in [7, 11) is 0. The number of H-pyrrole nitrogens is 2. The minimum Gasteiger partial charge on any atom is -0.351 e. The van der Waals surface area contributed by atoms with E-state index in [0.29, 0.717) is 12.5 Å². The Labute approximate surface area is 122 Å². The lowest BCUT2D eigenvalue weighted by Gasteiger charge is -2.31. The average Bonchev–Trinajstić information content (AvgIpc) is 2.84. The van der Waals surface area contributed by atoms with E-state index in [0.717, 1.165) is 25.7 Å². The van der Waals surface area contributed by atoms with Gasteiger partial charge < -0.3 is 10.3 Å². The number of rotatable bonds is 3. The van der Waals surface area contributed by atoms with Crippen molar-refractivity contribution in [1.29, 1.82) is 0 Å². The van der Waals surface area contributed by atoms with Gasteiger partial charge in [0, 0.05) is 24.8 Å². The van der Waals surface area contributed by atoms with Crippen molar-refractivity contribution in [3.63, 3.8) is 0 Å². The maximum atomic E-state index is 11.9. The van der Waals surface area contributed by atoms with Gasteiger partial charge in [-0.1, -0.05) is 0 Å². The molecule has 1 atom stereocenters. The van der Waals surface area contributed by atoms with Gasteiger partial charge in [-0.25, -0.2) is 4.79 Å². The van der Waals surface area contributed by atoms with E-state index < -0.39 is 17.2 Å². The molecule has 21 heavy (non-hydrogen) atoms. The minimum absolute atomic E-state index is 0.0692. The topological polar surface area (TPSA) is 98.1 Å². The number of amides is 1. The Balaban J connectivity index is 1.91. The lowest BCUT2D eigenvalue weighted by atomic mass is 10.1. The van der Waals surface area contributed by atoms with Gasteiger partial charge in [0.15, 0.2) is 0 Å². The normalized spacial score (nSPS) is 19.7. The van der Waals surface area contributed by atoms with E-state index in [1.165, 1.54) is 0 Å². The zero-order valence-corrected chi connectivity index (χ0v) is 12.7. The highest BCUT2D eigenvalue weighted by molar-refractivity contribution is 5.93. The summed E-state index contributed by atoms with van der Waals surface area (Å²) in [4.78, 5) is 41.1.